The molecule has 4 rings (SSSR count). The van der Waals surface area contributed by atoms with Crippen molar-refractivity contribution in [1.82, 2.24) is 0 Å². The number of hydrogen-bond acceptors (Lipinski definition) is 3. The van der Waals surface area contributed by atoms with E-state index in [0.717, 1.165) is 35.5 Å². The lowest BCUT2D eigenvalue weighted by Gasteiger charge is -2.07. The van der Waals surface area contributed by atoms with Crippen LogP contribution in [0.1, 0.15) is 37.7 Å². The van der Waals surface area contributed by atoms with E-state index < -0.39 is 0 Å². The lowest BCUT2D eigenvalue weighted by Crippen LogP contribution is -2.02. The number of rotatable bonds is 2. The molecule has 0 bridgehead atoms. The summed E-state index contributed by atoms with van der Waals surface area (Å²) in [6.07, 6.45) is 4.25. The molecule has 1 aromatic heterocycles. The maximum absolute atomic E-state index is 12.7. The lowest BCUT2D eigenvalue weighted by atomic mass is 10.0. The fourth-order valence-electron chi connectivity index (χ4n) is 3.01. The highest BCUT2D eigenvalue weighted by atomic mass is 35.5. The summed E-state index contributed by atoms with van der Waals surface area (Å²) in [4.78, 5) is 14.9. The van der Waals surface area contributed by atoms with Gasteiger partial charge in [-0.2, -0.15) is 0 Å². The van der Waals surface area contributed by atoms with Crippen LogP contribution >= 0.6 is 22.9 Å². The van der Waals surface area contributed by atoms with Gasteiger partial charge in [-0.05, 0) is 48.6 Å². The molecule has 102 valence electrons. The average Bonchev–Trinajstić information content (AvgIpc) is 3.10. The SMILES string of the molecule is O=C(c1cc2c(s1)CCC2)c1cc(Cl)cc2c1OCC2. The van der Waals surface area contributed by atoms with Crippen molar-refractivity contribution >= 4 is 28.7 Å². The summed E-state index contributed by atoms with van der Waals surface area (Å²) >= 11 is 7.76. The van der Waals surface area contributed by atoms with E-state index in [1.165, 1.54) is 16.9 Å². The highest BCUT2D eigenvalue weighted by molar-refractivity contribution is 7.14. The Bertz CT molecular complexity index is 696. The number of benzene rings is 1. The van der Waals surface area contributed by atoms with Crippen molar-refractivity contribution in [2.24, 2.45) is 0 Å². The molecule has 2 aromatic rings. The molecule has 1 aliphatic carbocycles. The molecule has 2 heterocycles. The third kappa shape index (κ3) is 1.88. The Labute approximate surface area is 126 Å². The molecule has 0 radical (unpaired) electrons. The minimum absolute atomic E-state index is 0.0463. The Kier molecular flexibility index (Phi) is 2.86. The number of halogens is 1. The monoisotopic (exact) mass is 304 g/mol. The van der Waals surface area contributed by atoms with Crippen LogP contribution in [0.5, 0.6) is 5.75 Å². The normalized spacial score (nSPS) is 15.8. The molecule has 1 aliphatic heterocycles. The number of aryl methyl sites for hydroxylation is 2. The lowest BCUT2D eigenvalue weighted by molar-refractivity contribution is 0.103. The van der Waals surface area contributed by atoms with E-state index in [2.05, 4.69) is 6.07 Å². The molecule has 0 N–H and O–H groups in total. The summed E-state index contributed by atoms with van der Waals surface area (Å²) in [7, 11) is 0. The van der Waals surface area contributed by atoms with E-state index in [9.17, 15) is 4.79 Å². The van der Waals surface area contributed by atoms with Crippen LogP contribution in [-0.4, -0.2) is 12.4 Å². The Morgan fingerprint density at radius 2 is 2.05 bits per heavy atom. The molecule has 0 amide bonds. The van der Waals surface area contributed by atoms with Crippen molar-refractivity contribution in [3.63, 3.8) is 0 Å². The van der Waals surface area contributed by atoms with Gasteiger partial charge in [-0.3, -0.25) is 4.79 Å². The molecule has 0 saturated heterocycles. The van der Waals surface area contributed by atoms with Gasteiger partial charge in [0.1, 0.15) is 5.75 Å². The maximum Gasteiger partial charge on any atom is 0.206 e. The molecule has 0 unspecified atom stereocenters. The second-order valence-corrected chi connectivity index (χ2v) is 6.85. The van der Waals surface area contributed by atoms with Crippen molar-refractivity contribution in [2.75, 3.05) is 6.61 Å². The largest absolute Gasteiger partial charge is 0.492 e. The van der Waals surface area contributed by atoms with Crippen molar-refractivity contribution in [2.45, 2.75) is 25.7 Å². The van der Waals surface area contributed by atoms with Crippen molar-refractivity contribution in [1.29, 1.82) is 0 Å². The Balaban J connectivity index is 1.78. The van der Waals surface area contributed by atoms with E-state index in [-0.39, 0.29) is 5.78 Å². The van der Waals surface area contributed by atoms with Crippen LogP contribution in [0.15, 0.2) is 18.2 Å². The molecule has 0 atom stereocenters. The van der Waals surface area contributed by atoms with Gasteiger partial charge < -0.3 is 4.74 Å². The molecule has 4 heteroatoms. The Hall–Kier alpha value is -1.32. The predicted octanol–water partition coefficient (Wildman–Crippen LogP) is 4.06. The highest BCUT2D eigenvalue weighted by Gasteiger charge is 2.25. The van der Waals surface area contributed by atoms with Crippen LogP contribution in [0.2, 0.25) is 5.02 Å². The standard InChI is InChI=1S/C16H13ClO2S/c17-11-6-10-4-5-19-16(10)12(8-11)15(18)14-7-9-2-1-3-13(9)20-14/h6-8H,1-5H2. The zero-order valence-corrected chi connectivity index (χ0v) is 12.4. The second kappa shape index (κ2) is 4.61. The van der Waals surface area contributed by atoms with Gasteiger partial charge in [0.2, 0.25) is 5.78 Å². The van der Waals surface area contributed by atoms with Gasteiger partial charge in [0.15, 0.2) is 0 Å². The van der Waals surface area contributed by atoms with Crippen LogP contribution in [0.4, 0.5) is 0 Å². The summed E-state index contributed by atoms with van der Waals surface area (Å²) < 4.78 is 5.63. The second-order valence-electron chi connectivity index (χ2n) is 5.28. The highest BCUT2D eigenvalue weighted by Crippen LogP contribution is 2.37. The first kappa shape index (κ1) is 12.4. The van der Waals surface area contributed by atoms with Gasteiger partial charge in [0, 0.05) is 16.3 Å². The van der Waals surface area contributed by atoms with Crippen LogP contribution in [0, 0.1) is 0 Å². The average molecular weight is 305 g/mol. The fourth-order valence-corrected chi connectivity index (χ4v) is 4.46. The number of fused-ring (bicyclic) bond motifs is 2. The van der Waals surface area contributed by atoms with Crippen LogP contribution in [0.3, 0.4) is 0 Å². The van der Waals surface area contributed by atoms with Gasteiger partial charge in [-0.15, -0.1) is 11.3 Å². The molecular weight excluding hydrogens is 292 g/mol. The zero-order valence-electron chi connectivity index (χ0n) is 10.9. The predicted molar refractivity (Wildman–Crippen MR) is 80.4 cm³/mol. The zero-order chi connectivity index (χ0) is 13.7. The van der Waals surface area contributed by atoms with Crippen LogP contribution < -0.4 is 4.74 Å². The summed E-state index contributed by atoms with van der Waals surface area (Å²) in [6.45, 7) is 0.636. The molecule has 0 spiro atoms. The van der Waals surface area contributed by atoms with Gasteiger partial charge in [-0.25, -0.2) is 0 Å². The first-order valence-electron chi connectivity index (χ1n) is 6.84. The summed E-state index contributed by atoms with van der Waals surface area (Å²) in [5.74, 6) is 0.776. The Morgan fingerprint density at radius 1 is 1.15 bits per heavy atom. The van der Waals surface area contributed by atoms with Crippen molar-refractivity contribution in [3.8, 4) is 5.75 Å². The smallest absolute Gasteiger partial charge is 0.206 e. The Morgan fingerprint density at radius 3 is 2.90 bits per heavy atom. The molecule has 1 aromatic carbocycles. The maximum atomic E-state index is 12.7. The van der Waals surface area contributed by atoms with E-state index in [0.29, 0.717) is 17.2 Å². The molecule has 2 nitrogen and oxygen atoms in total. The van der Waals surface area contributed by atoms with Crippen LogP contribution in [0.25, 0.3) is 0 Å². The van der Waals surface area contributed by atoms with Gasteiger partial charge in [-0.1, -0.05) is 11.6 Å². The number of ether oxygens (including phenoxy) is 1. The van der Waals surface area contributed by atoms with E-state index in [1.54, 1.807) is 17.4 Å². The fraction of sp³-hybridized carbons (Fsp3) is 0.312. The first-order valence-corrected chi connectivity index (χ1v) is 8.03. The van der Waals surface area contributed by atoms with E-state index in [1.807, 2.05) is 6.07 Å². The minimum atomic E-state index is 0.0463. The minimum Gasteiger partial charge on any atom is -0.492 e. The number of thiophene rings is 1. The molecule has 2 aliphatic rings. The topological polar surface area (TPSA) is 26.3 Å². The van der Waals surface area contributed by atoms with E-state index >= 15 is 0 Å². The van der Waals surface area contributed by atoms with Gasteiger partial charge in [0.05, 0.1) is 17.0 Å². The number of hydrogen-bond donors (Lipinski definition) is 0. The van der Waals surface area contributed by atoms with E-state index in [4.69, 9.17) is 16.3 Å². The van der Waals surface area contributed by atoms with Gasteiger partial charge >= 0.3 is 0 Å². The summed E-state index contributed by atoms with van der Waals surface area (Å²) in [5.41, 5.74) is 3.01. The first-order chi connectivity index (χ1) is 9.72. The molecule has 0 saturated carbocycles. The summed E-state index contributed by atoms with van der Waals surface area (Å²) in [5, 5.41) is 0.613. The third-order valence-electron chi connectivity index (χ3n) is 3.96. The summed E-state index contributed by atoms with van der Waals surface area (Å²) in [6, 6.07) is 5.69. The molecular formula is C16H13ClO2S. The number of carbonyl (C=O) groups excluding carboxylic acids is 1. The molecule has 0 fully saturated rings. The quantitative estimate of drug-likeness (QED) is 0.782. The van der Waals surface area contributed by atoms with Crippen LogP contribution in [-0.2, 0) is 19.3 Å². The molecule has 20 heavy (non-hydrogen) atoms. The van der Waals surface area contributed by atoms with Gasteiger partial charge in [0.25, 0.3) is 0 Å². The third-order valence-corrected chi connectivity index (χ3v) is 5.42. The van der Waals surface area contributed by atoms with Crippen molar-refractivity contribution < 1.29 is 9.53 Å². The van der Waals surface area contributed by atoms with Crippen molar-refractivity contribution in [3.05, 3.63) is 49.7 Å². The number of ketones is 1. The number of carbonyl (C=O) groups is 1.